The van der Waals surface area contributed by atoms with Gasteiger partial charge in [0.1, 0.15) is 6.29 Å². The molecule has 0 spiro atoms. The van der Waals surface area contributed by atoms with Crippen molar-refractivity contribution in [3.8, 4) is 11.5 Å². The van der Waals surface area contributed by atoms with Gasteiger partial charge in [-0.25, -0.2) is 0 Å². The van der Waals surface area contributed by atoms with E-state index in [2.05, 4.69) is 5.32 Å². The summed E-state index contributed by atoms with van der Waals surface area (Å²) in [4.78, 5) is 22.5. The van der Waals surface area contributed by atoms with E-state index in [0.717, 1.165) is 11.8 Å². The van der Waals surface area contributed by atoms with Crippen LogP contribution in [0.1, 0.15) is 15.9 Å². The number of ether oxygens (including phenoxy) is 2. The fourth-order valence-corrected chi connectivity index (χ4v) is 1.96. The van der Waals surface area contributed by atoms with Crippen LogP contribution in [0.3, 0.4) is 0 Å². The summed E-state index contributed by atoms with van der Waals surface area (Å²) in [5.41, 5.74) is 2.00. The van der Waals surface area contributed by atoms with Crippen LogP contribution in [0.5, 0.6) is 11.5 Å². The van der Waals surface area contributed by atoms with Crippen molar-refractivity contribution in [2.24, 2.45) is 0 Å². The van der Waals surface area contributed by atoms with Crippen LogP contribution in [0.15, 0.2) is 48.5 Å². The molecule has 0 fully saturated rings. The number of nitrogens with one attached hydrogen (secondary N) is 1. The zero-order valence-corrected chi connectivity index (χ0v) is 12.9. The lowest BCUT2D eigenvalue weighted by atomic mass is 10.2. The van der Waals surface area contributed by atoms with Crippen molar-refractivity contribution >= 4 is 24.0 Å². The van der Waals surface area contributed by atoms with Crippen molar-refractivity contribution < 1.29 is 19.1 Å². The predicted molar refractivity (Wildman–Crippen MR) is 89.0 cm³/mol. The molecular formula is C18H17NO4. The fraction of sp³-hybridized carbons (Fsp3) is 0.111. The molecule has 1 N–H and O–H groups in total. The van der Waals surface area contributed by atoms with E-state index in [4.69, 9.17) is 9.47 Å². The molecule has 118 valence electrons. The maximum absolute atomic E-state index is 11.9. The Morgan fingerprint density at radius 2 is 1.61 bits per heavy atom. The van der Waals surface area contributed by atoms with Crippen LogP contribution in [0.25, 0.3) is 6.08 Å². The van der Waals surface area contributed by atoms with Crippen molar-refractivity contribution in [2.75, 3.05) is 19.5 Å². The molecule has 0 radical (unpaired) electrons. The summed E-state index contributed by atoms with van der Waals surface area (Å²) in [6.07, 6.45) is 3.86. The fourth-order valence-electron chi connectivity index (χ4n) is 1.96. The molecule has 2 aromatic carbocycles. The number of rotatable bonds is 6. The Morgan fingerprint density at radius 1 is 0.957 bits per heavy atom. The molecule has 0 aliphatic heterocycles. The monoisotopic (exact) mass is 311 g/mol. The van der Waals surface area contributed by atoms with Crippen LogP contribution in [-0.2, 0) is 4.79 Å². The highest BCUT2D eigenvalue weighted by molar-refractivity contribution is 6.02. The minimum Gasteiger partial charge on any atom is -0.493 e. The summed E-state index contributed by atoms with van der Waals surface area (Å²) in [6.45, 7) is 0. The molecule has 0 aliphatic rings. The lowest BCUT2D eigenvalue weighted by Crippen LogP contribution is -2.07. The molecule has 0 aliphatic carbocycles. The van der Waals surface area contributed by atoms with Gasteiger partial charge in [-0.2, -0.15) is 0 Å². The largest absolute Gasteiger partial charge is 0.493 e. The molecule has 0 saturated heterocycles. The minimum absolute atomic E-state index is 0.265. The van der Waals surface area contributed by atoms with E-state index in [-0.39, 0.29) is 5.91 Å². The summed E-state index contributed by atoms with van der Waals surface area (Å²) in [7, 11) is 3.12. The van der Waals surface area contributed by atoms with Crippen LogP contribution in [-0.4, -0.2) is 26.4 Å². The van der Waals surface area contributed by atoms with Gasteiger partial charge in [0, 0.05) is 17.3 Å². The van der Waals surface area contributed by atoms with E-state index < -0.39 is 0 Å². The smallest absolute Gasteiger partial charge is 0.248 e. The topological polar surface area (TPSA) is 64.6 Å². The molecule has 0 bridgehead atoms. The van der Waals surface area contributed by atoms with Gasteiger partial charge in [-0.1, -0.05) is 6.07 Å². The maximum Gasteiger partial charge on any atom is 0.248 e. The Morgan fingerprint density at radius 3 is 2.22 bits per heavy atom. The van der Waals surface area contributed by atoms with Gasteiger partial charge >= 0.3 is 0 Å². The summed E-state index contributed by atoms with van der Waals surface area (Å²) in [6, 6.07) is 12.0. The van der Waals surface area contributed by atoms with Crippen molar-refractivity contribution in [2.45, 2.75) is 0 Å². The molecule has 0 heterocycles. The standard InChI is InChI=1S/C18H17NO4/c1-22-16-9-5-13(11-17(16)23-2)6-10-18(21)19-15-7-3-14(12-20)4-8-15/h3-12H,1-2H3,(H,19,21)/b10-6+. The number of anilines is 1. The second-order valence-electron chi connectivity index (χ2n) is 4.68. The molecule has 23 heavy (non-hydrogen) atoms. The number of methoxy groups -OCH3 is 2. The van der Waals surface area contributed by atoms with Crippen LogP contribution in [0.4, 0.5) is 5.69 Å². The predicted octanol–water partition coefficient (Wildman–Crippen LogP) is 3.17. The number of hydrogen-bond acceptors (Lipinski definition) is 4. The summed E-state index contributed by atoms with van der Waals surface area (Å²) >= 11 is 0. The summed E-state index contributed by atoms with van der Waals surface area (Å²) in [5, 5.41) is 2.72. The van der Waals surface area contributed by atoms with E-state index >= 15 is 0 Å². The summed E-state index contributed by atoms with van der Waals surface area (Å²) in [5.74, 6) is 0.961. The van der Waals surface area contributed by atoms with Gasteiger partial charge in [0.25, 0.3) is 0 Å². The van der Waals surface area contributed by atoms with E-state index in [1.165, 1.54) is 6.08 Å². The Kier molecular flexibility index (Phi) is 5.52. The van der Waals surface area contributed by atoms with E-state index in [1.807, 2.05) is 6.07 Å². The van der Waals surface area contributed by atoms with Crippen molar-refractivity contribution in [3.63, 3.8) is 0 Å². The third-order valence-electron chi connectivity index (χ3n) is 3.15. The molecule has 0 aromatic heterocycles. The van der Waals surface area contributed by atoms with Gasteiger partial charge < -0.3 is 14.8 Å². The number of aldehydes is 1. The number of carbonyl (C=O) groups is 2. The molecule has 2 rings (SSSR count). The minimum atomic E-state index is -0.265. The normalized spacial score (nSPS) is 10.3. The van der Waals surface area contributed by atoms with E-state index in [1.54, 1.807) is 56.7 Å². The van der Waals surface area contributed by atoms with Gasteiger partial charge in [0.15, 0.2) is 11.5 Å². The molecule has 1 amide bonds. The maximum atomic E-state index is 11.9. The second kappa shape index (κ2) is 7.79. The molecule has 0 atom stereocenters. The third kappa shape index (κ3) is 4.44. The van der Waals surface area contributed by atoms with Crippen LogP contribution >= 0.6 is 0 Å². The van der Waals surface area contributed by atoms with Gasteiger partial charge in [0.2, 0.25) is 5.91 Å². The van der Waals surface area contributed by atoms with Crippen LogP contribution in [0, 0.1) is 0 Å². The van der Waals surface area contributed by atoms with Crippen molar-refractivity contribution in [1.82, 2.24) is 0 Å². The number of amides is 1. The molecule has 5 heteroatoms. The zero-order valence-electron chi connectivity index (χ0n) is 12.9. The first kappa shape index (κ1) is 16.3. The quantitative estimate of drug-likeness (QED) is 0.657. The van der Waals surface area contributed by atoms with Gasteiger partial charge in [-0.3, -0.25) is 9.59 Å². The average molecular weight is 311 g/mol. The lowest BCUT2D eigenvalue weighted by Gasteiger charge is -2.07. The Labute approximate surface area is 134 Å². The first-order chi connectivity index (χ1) is 11.2. The molecular weight excluding hydrogens is 294 g/mol. The Hall–Kier alpha value is -3.08. The first-order valence-electron chi connectivity index (χ1n) is 6.92. The molecule has 2 aromatic rings. The Bertz CT molecular complexity index is 720. The van der Waals surface area contributed by atoms with E-state index in [9.17, 15) is 9.59 Å². The van der Waals surface area contributed by atoms with E-state index in [0.29, 0.717) is 22.7 Å². The Balaban J connectivity index is 2.04. The second-order valence-corrected chi connectivity index (χ2v) is 4.68. The third-order valence-corrected chi connectivity index (χ3v) is 3.15. The van der Waals surface area contributed by atoms with Gasteiger partial charge in [-0.05, 0) is 48.0 Å². The SMILES string of the molecule is COc1ccc(/C=C/C(=O)Nc2ccc(C=O)cc2)cc1OC. The molecule has 5 nitrogen and oxygen atoms in total. The van der Waals surface area contributed by atoms with Gasteiger partial charge in [0.05, 0.1) is 14.2 Å². The number of hydrogen-bond donors (Lipinski definition) is 1. The molecule has 0 unspecified atom stereocenters. The average Bonchev–Trinajstić information content (AvgIpc) is 2.60. The first-order valence-corrected chi connectivity index (χ1v) is 6.92. The number of carbonyl (C=O) groups excluding carboxylic acids is 2. The highest BCUT2D eigenvalue weighted by atomic mass is 16.5. The van der Waals surface area contributed by atoms with Gasteiger partial charge in [-0.15, -0.1) is 0 Å². The van der Waals surface area contributed by atoms with Crippen LogP contribution in [0.2, 0.25) is 0 Å². The van der Waals surface area contributed by atoms with Crippen molar-refractivity contribution in [1.29, 1.82) is 0 Å². The van der Waals surface area contributed by atoms with Crippen molar-refractivity contribution in [3.05, 3.63) is 59.7 Å². The zero-order chi connectivity index (χ0) is 16.7. The highest BCUT2D eigenvalue weighted by Crippen LogP contribution is 2.27. The summed E-state index contributed by atoms with van der Waals surface area (Å²) < 4.78 is 10.4. The highest BCUT2D eigenvalue weighted by Gasteiger charge is 2.03. The molecule has 0 saturated carbocycles. The lowest BCUT2D eigenvalue weighted by molar-refractivity contribution is -0.111. The van der Waals surface area contributed by atoms with Crippen LogP contribution < -0.4 is 14.8 Å². The number of benzene rings is 2.